The van der Waals surface area contributed by atoms with E-state index in [4.69, 9.17) is 10.2 Å². The summed E-state index contributed by atoms with van der Waals surface area (Å²) in [5.41, 5.74) is 0. The number of thiol groups is 1. The number of aliphatic carboxylic acids is 1. The Labute approximate surface area is 116 Å². The van der Waals surface area contributed by atoms with Crippen molar-refractivity contribution in [3.05, 3.63) is 0 Å². The lowest BCUT2D eigenvalue weighted by atomic mass is 10.0. The highest BCUT2D eigenvalue weighted by atomic mass is 79.9. The second-order valence-corrected chi connectivity index (χ2v) is 4.62. The molecule has 0 aromatic heterocycles. The third-order valence-electron chi connectivity index (χ3n) is 1.86. The van der Waals surface area contributed by atoms with Crippen LogP contribution in [-0.4, -0.2) is 45.8 Å². The first-order chi connectivity index (χ1) is 7.86. The van der Waals surface area contributed by atoms with Crippen molar-refractivity contribution >= 4 is 40.4 Å². The normalized spacial score (nSPS) is 13.0. The van der Waals surface area contributed by atoms with Crippen LogP contribution in [0.2, 0.25) is 0 Å². The van der Waals surface area contributed by atoms with Crippen LogP contribution in [0.3, 0.4) is 0 Å². The number of carbonyl (C=O) groups excluding carboxylic acids is 1. The molecule has 0 saturated heterocycles. The second kappa shape index (κ2) is 12.2. The summed E-state index contributed by atoms with van der Waals surface area (Å²) in [5, 5.41) is 20.7. The Bertz CT molecular complexity index is 228. The summed E-state index contributed by atoms with van der Waals surface area (Å²) in [6.45, 7) is 3.65. The first kappa shape index (κ1) is 19.1. The Morgan fingerprint density at radius 1 is 1.47 bits per heavy atom. The largest absolute Gasteiger partial charge is 0.481 e. The SMILES string of the molecule is CC(=O)NCCS.CC(C(=O)O)C(O)CCBr. The lowest BCUT2D eigenvalue weighted by Crippen LogP contribution is -2.25. The molecule has 2 atom stereocenters. The molecule has 7 heteroatoms. The molecule has 0 aromatic carbocycles. The molecule has 0 bridgehead atoms. The Morgan fingerprint density at radius 2 is 2.00 bits per heavy atom. The highest BCUT2D eigenvalue weighted by Gasteiger charge is 2.19. The van der Waals surface area contributed by atoms with Gasteiger partial charge in [0.1, 0.15) is 0 Å². The molecule has 0 aromatic rings. The smallest absolute Gasteiger partial charge is 0.308 e. The van der Waals surface area contributed by atoms with Crippen LogP contribution in [0, 0.1) is 5.92 Å². The summed E-state index contributed by atoms with van der Waals surface area (Å²) in [7, 11) is 0. The number of hydrogen-bond donors (Lipinski definition) is 4. The van der Waals surface area contributed by atoms with Crippen molar-refractivity contribution in [3.63, 3.8) is 0 Å². The van der Waals surface area contributed by atoms with Crippen LogP contribution in [0.1, 0.15) is 20.3 Å². The fourth-order valence-corrected chi connectivity index (χ4v) is 1.34. The number of aliphatic hydroxyl groups is 1. The van der Waals surface area contributed by atoms with Crippen molar-refractivity contribution in [2.45, 2.75) is 26.4 Å². The molecule has 0 spiro atoms. The highest BCUT2D eigenvalue weighted by molar-refractivity contribution is 9.09. The summed E-state index contributed by atoms with van der Waals surface area (Å²) < 4.78 is 0. The van der Waals surface area contributed by atoms with Gasteiger partial charge in [-0.25, -0.2) is 0 Å². The average molecular weight is 330 g/mol. The molecule has 0 radical (unpaired) electrons. The number of halogens is 1. The van der Waals surface area contributed by atoms with Gasteiger partial charge in [-0.3, -0.25) is 9.59 Å². The van der Waals surface area contributed by atoms with E-state index in [1.54, 1.807) is 0 Å². The molecule has 2 unspecified atom stereocenters. The predicted molar refractivity (Wildman–Crippen MR) is 73.8 cm³/mol. The Hall–Kier alpha value is -0.270. The van der Waals surface area contributed by atoms with Crippen LogP contribution in [0.15, 0.2) is 0 Å². The van der Waals surface area contributed by atoms with Gasteiger partial charge in [-0.15, -0.1) is 0 Å². The standard InChI is InChI=1S/C6H11BrO3.C4H9NOS/c1-4(6(9)10)5(8)2-3-7;1-4(6)5-2-3-7/h4-5,8H,2-3H2,1H3,(H,9,10);7H,2-3H2,1H3,(H,5,6). The number of carboxylic acids is 1. The lowest BCUT2D eigenvalue weighted by molar-refractivity contribution is -0.144. The molecule has 0 rings (SSSR count). The maximum atomic E-state index is 10.2. The molecule has 1 amide bonds. The van der Waals surface area contributed by atoms with E-state index >= 15 is 0 Å². The van der Waals surface area contributed by atoms with Crippen molar-refractivity contribution < 1.29 is 19.8 Å². The van der Waals surface area contributed by atoms with Gasteiger partial charge in [-0.05, 0) is 13.3 Å². The van der Waals surface area contributed by atoms with Crippen LogP contribution in [-0.2, 0) is 9.59 Å². The van der Waals surface area contributed by atoms with Gasteiger partial charge in [0.25, 0.3) is 0 Å². The van der Waals surface area contributed by atoms with Gasteiger partial charge in [-0.1, -0.05) is 15.9 Å². The minimum Gasteiger partial charge on any atom is -0.481 e. The molecule has 3 N–H and O–H groups in total. The zero-order valence-electron chi connectivity index (χ0n) is 10.0. The molecule has 0 saturated carbocycles. The van der Waals surface area contributed by atoms with E-state index in [0.29, 0.717) is 24.0 Å². The molecule has 0 aliphatic heterocycles. The van der Waals surface area contributed by atoms with Gasteiger partial charge in [-0.2, -0.15) is 12.6 Å². The van der Waals surface area contributed by atoms with Gasteiger partial charge < -0.3 is 15.5 Å². The number of hydrogen-bond acceptors (Lipinski definition) is 4. The average Bonchev–Trinajstić information content (AvgIpc) is 2.26. The van der Waals surface area contributed by atoms with E-state index in [1.807, 2.05) is 0 Å². The van der Waals surface area contributed by atoms with Gasteiger partial charge in [0, 0.05) is 24.6 Å². The van der Waals surface area contributed by atoms with E-state index in [1.165, 1.54) is 13.8 Å². The third-order valence-corrected chi connectivity index (χ3v) is 2.54. The maximum Gasteiger partial charge on any atom is 0.308 e. The Balaban J connectivity index is 0. The van der Waals surface area contributed by atoms with Crippen LogP contribution in [0.25, 0.3) is 0 Å². The highest BCUT2D eigenvalue weighted by Crippen LogP contribution is 2.07. The number of amides is 1. The van der Waals surface area contributed by atoms with E-state index in [9.17, 15) is 9.59 Å². The number of carbonyl (C=O) groups is 2. The summed E-state index contributed by atoms with van der Waals surface area (Å²) in [4.78, 5) is 20.3. The lowest BCUT2D eigenvalue weighted by Gasteiger charge is -2.12. The van der Waals surface area contributed by atoms with E-state index in [2.05, 4.69) is 33.9 Å². The number of nitrogens with one attached hydrogen (secondary N) is 1. The first-order valence-electron chi connectivity index (χ1n) is 5.18. The molecular formula is C10H20BrNO4S. The minimum atomic E-state index is -0.951. The van der Waals surface area contributed by atoms with Crippen molar-refractivity contribution in [3.8, 4) is 0 Å². The first-order valence-corrected chi connectivity index (χ1v) is 6.94. The molecule has 5 nitrogen and oxygen atoms in total. The second-order valence-electron chi connectivity index (χ2n) is 3.38. The van der Waals surface area contributed by atoms with Gasteiger partial charge in [0.05, 0.1) is 12.0 Å². The molecule has 0 fully saturated rings. The predicted octanol–water partition coefficient (Wildman–Crippen LogP) is 0.905. The fraction of sp³-hybridized carbons (Fsp3) is 0.800. The fourth-order valence-electron chi connectivity index (χ4n) is 0.758. The number of alkyl halides is 1. The van der Waals surface area contributed by atoms with Crippen LogP contribution < -0.4 is 5.32 Å². The topological polar surface area (TPSA) is 86.6 Å². The summed E-state index contributed by atoms with van der Waals surface area (Å²) >= 11 is 6.99. The van der Waals surface area contributed by atoms with Crippen molar-refractivity contribution in [1.82, 2.24) is 5.32 Å². The van der Waals surface area contributed by atoms with Crippen LogP contribution in [0.4, 0.5) is 0 Å². The summed E-state index contributed by atoms with van der Waals surface area (Å²) in [6, 6.07) is 0. The monoisotopic (exact) mass is 329 g/mol. The zero-order chi connectivity index (χ0) is 13.8. The van der Waals surface area contributed by atoms with Crippen molar-refractivity contribution in [2.24, 2.45) is 5.92 Å². The number of rotatable bonds is 6. The molecule has 0 aliphatic carbocycles. The Morgan fingerprint density at radius 3 is 2.24 bits per heavy atom. The van der Waals surface area contributed by atoms with Gasteiger partial charge in [0.15, 0.2) is 0 Å². The molecule has 0 aliphatic rings. The third kappa shape index (κ3) is 13.7. The summed E-state index contributed by atoms with van der Waals surface area (Å²) in [6.07, 6.45) is -0.259. The molecule has 17 heavy (non-hydrogen) atoms. The molecule has 102 valence electrons. The van der Waals surface area contributed by atoms with E-state index in [-0.39, 0.29) is 5.91 Å². The van der Waals surface area contributed by atoms with Gasteiger partial charge >= 0.3 is 5.97 Å². The van der Waals surface area contributed by atoms with Crippen molar-refractivity contribution in [2.75, 3.05) is 17.6 Å². The van der Waals surface area contributed by atoms with Gasteiger partial charge in [0.2, 0.25) is 5.91 Å². The van der Waals surface area contributed by atoms with Crippen molar-refractivity contribution in [1.29, 1.82) is 0 Å². The van der Waals surface area contributed by atoms with Crippen LogP contribution >= 0.6 is 28.6 Å². The van der Waals surface area contributed by atoms with E-state index in [0.717, 1.165) is 0 Å². The molecule has 0 heterocycles. The molecular weight excluding hydrogens is 310 g/mol. The zero-order valence-corrected chi connectivity index (χ0v) is 12.5. The summed E-state index contributed by atoms with van der Waals surface area (Å²) in [5.74, 6) is -0.903. The van der Waals surface area contributed by atoms with Crippen LogP contribution in [0.5, 0.6) is 0 Å². The Kier molecular flexibility index (Phi) is 13.7. The quantitative estimate of drug-likeness (QED) is 0.431. The minimum absolute atomic E-state index is 0.00838. The maximum absolute atomic E-state index is 10.2. The number of aliphatic hydroxyl groups excluding tert-OH is 1. The van der Waals surface area contributed by atoms with E-state index < -0.39 is 18.0 Å². The number of carboxylic acid groups (broad SMARTS) is 1.